The van der Waals surface area contributed by atoms with Crippen LogP contribution < -0.4 is 10.6 Å². The van der Waals surface area contributed by atoms with Crippen LogP contribution in [0, 0.1) is 0 Å². The van der Waals surface area contributed by atoms with Crippen LogP contribution in [0.15, 0.2) is 48.8 Å². The first-order valence-electron chi connectivity index (χ1n) is 6.85. The SMILES string of the molecule is Nc1ccc2c(c1)N(Cc1cn3ccccc3n1)CC2. The third-order valence-corrected chi connectivity index (χ3v) is 3.87. The predicted molar refractivity (Wildman–Crippen MR) is 80.8 cm³/mol. The molecule has 0 unspecified atom stereocenters. The monoisotopic (exact) mass is 264 g/mol. The fourth-order valence-electron chi connectivity index (χ4n) is 2.89. The summed E-state index contributed by atoms with van der Waals surface area (Å²) in [5.41, 5.74) is 11.4. The Balaban J connectivity index is 1.66. The van der Waals surface area contributed by atoms with Crippen LogP contribution >= 0.6 is 0 Å². The Kier molecular flexibility index (Phi) is 2.42. The number of nitrogens with two attached hydrogens (primary N) is 1. The molecule has 4 rings (SSSR count). The van der Waals surface area contributed by atoms with Crippen LogP contribution in [-0.2, 0) is 13.0 Å². The third kappa shape index (κ3) is 1.81. The number of hydrogen-bond acceptors (Lipinski definition) is 3. The van der Waals surface area contributed by atoms with E-state index >= 15 is 0 Å². The van der Waals surface area contributed by atoms with Gasteiger partial charge in [0.15, 0.2) is 0 Å². The smallest absolute Gasteiger partial charge is 0.137 e. The summed E-state index contributed by atoms with van der Waals surface area (Å²) in [6.45, 7) is 1.87. The summed E-state index contributed by atoms with van der Waals surface area (Å²) < 4.78 is 2.06. The minimum atomic E-state index is 0.825. The number of nitrogens with zero attached hydrogens (tertiary/aromatic N) is 3. The normalized spacial score (nSPS) is 13.9. The molecule has 100 valence electrons. The molecule has 3 heterocycles. The Morgan fingerprint density at radius 3 is 3.05 bits per heavy atom. The molecule has 4 nitrogen and oxygen atoms in total. The summed E-state index contributed by atoms with van der Waals surface area (Å²) in [4.78, 5) is 7.02. The molecule has 0 aliphatic carbocycles. The van der Waals surface area contributed by atoms with Gasteiger partial charge >= 0.3 is 0 Å². The maximum atomic E-state index is 5.90. The fourth-order valence-corrected chi connectivity index (χ4v) is 2.89. The van der Waals surface area contributed by atoms with E-state index in [1.165, 1.54) is 11.3 Å². The summed E-state index contributed by atoms with van der Waals surface area (Å²) in [5, 5.41) is 0. The van der Waals surface area contributed by atoms with Gasteiger partial charge in [-0.2, -0.15) is 0 Å². The standard InChI is InChI=1S/C16H16N4/c17-13-5-4-12-6-8-19(15(12)9-13)10-14-11-20-7-2-1-3-16(20)18-14/h1-5,7,9,11H,6,8,10,17H2. The van der Waals surface area contributed by atoms with E-state index in [2.05, 4.69) is 32.6 Å². The second-order valence-corrected chi connectivity index (χ2v) is 5.26. The van der Waals surface area contributed by atoms with Crippen LogP contribution in [0.1, 0.15) is 11.3 Å². The number of rotatable bonds is 2. The maximum Gasteiger partial charge on any atom is 0.137 e. The minimum Gasteiger partial charge on any atom is -0.399 e. The molecule has 2 N–H and O–H groups in total. The van der Waals surface area contributed by atoms with Gasteiger partial charge in [-0.05, 0) is 36.2 Å². The van der Waals surface area contributed by atoms with Crippen LogP contribution in [0.5, 0.6) is 0 Å². The zero-order valence-electron chi connectivity index (χ0n) is 11.2. The maximum absolute atomic E-state index is 5.90. The average Bonchev–Trinajstić information content (AvgIpc) is 3.03. The van der Waals surface area contributed by atoms with Gasteiger partial charge < -0.3 is 15.0 Å². The molecule has 1 aliphatic heterocycles. The molecule has 0 fully saturated rings. The second kappa shape index (κ2) is 4.27. The van der Waals surface area contributed by atoms with Gasteiger partial charge in [-0.3, -0.25) is 0 Å². The van der Waals surface area contributed by atoms with E-state index in [9.17, 15) is 0 Å². The van der Waals surface area contributed by atoms with E-state index in [0.29, 0.717) is 0 Å². The van der Waals surface area contributed by atoms with Crippen LogP contribution in [0.25, 0.3) is 5.65 Å². The van der Waals surface area contributed by atoms with Crippen molar-refractivity contribution in [3.8, 4) is 0 Å². The molecule has 0 radical (unpaired) electrons. The molecular formula is C16H16N4. The van der Waals surface area contributed by atoms with Gasteiger partial charge in [0.25, 0.3) is 0 Å². The molecule has 0 amide bonds. The van der Waals surface area contributed by atoms with E-state index in [4.69, 9.17) is 5.73 Å². The summed E-state index contributed by atoms with van der Waals surface area (Å²) in [6, 6.07) is 12.2. The van der Waals surface area contributed by atoms with E-state index in [-0.39, 0.29) is 0 Å². The summed E-state index contributed by atoms with van der Waals surface area (Å²) in [5.74, 6) is 0. The van der Waals surface area contributed by atoms with Crippen molar-refractivity contribution < 1.29 is 0 Å². The Hall–Kier alpha value is -2.49. The van der Waals surface area contributed by atoms with E-state index in [0.717, 1.165) is 36.5 Å². The molecule has 4 heteroatoms. The van der Waals surface area contributed by atoms with Crippen molar-refractivity contribution in [2.24, 2.45) is 0 Å². The van der Waals surface area contributed by atoms with Crippen LogP contribution in [0.3, 0.4) is 0 Å². The molecule has 1 aromatic carbocycles. The molecule has 0 saturated carbocycles. The number of fused-ring (bicyclic) bond motifs is 2. The molecule has 20 heavy (non-hydrogen) atoms. The molecule has 0 spiro atoms. The van der Waals surface area contributed by atoms with Gasteiger partial charge in [-0.25, -0.2) is 4.98 Å². The van der Waals surface area contributed by atoms with Crippen molar-refractivity contribution in [3.63, 3.8) is 0 Å². The highest BCUT2D eigenvalue weighted by atomic mass is 15.2. The first-order chi connectivity index (χ1) is 9.79. The lowest BCUT2D eigenvalue weighted by Gasteiger charge is -2.18. The largest absolute Gasteiger partial charge is 0.399 e. The second-order valence-electron chi connectivity index (χ2n) is 5.26. The van der Waals surface area contributed by atoms with Crippen LogP contribution in [0.2, 0.25) is 0 Å². The van der Waals surface area contributed by atoms with Crippen molar-refractivity contribution >= 4 is 17.0 Å². The van der Waals surface area contributed by atoms with Gasteiger partial charge in [0, 0.05) is 30.3 Å². The third-order valence-electron chi connectivity index (χ3n) is 3.87. The number of aromatic nitrogens is 2. The molecule has 1 aliphatic rings. The fraction of sp³-hybridized carbons (Fsp3) is 0.188. The van der Waals surface area contributed by atoms with Gasteiger partial charge in [0.05, 0.1) is 12.2 Å². The van der Waals surface area contributed by atoms with Crippen molar-refractivity contribution in [1.29, 1.82) is 0 Å². The Morgan fingerprint density at radius 1 is 1.20 bits per heavy atom. The Labute approximate surface area is 117 Å². The highest BCUT2D eigenvalue weighted by Crippen LogP contribution is 2.30. The van der Waals surface area contributed by atoms with Gasteiger partial charge in [-0.15, -0.1) is 0 Å². The molecular weight excluding hydrogens is 248 g/mol. The quantitative estimate of drug-likeness (QED) is 0.723. The molecule has 2 aromatic heterocycles. The first-order valence-corrected chi connectivity index (χ1v) is 6.85. The van der Waals surface area contributed by atoms with Crippen molar-refractivity contribution in [2.45, 2.75) is 13.0 Å². The number of pyridine rings is 1. The number of imidazole rings is 1. The van der Waals surface area contributed by atoms with Crippen molar-refractivity contribution in [3.05, 3.63) is 60.0 Å². The van der Waals surface area contributed by atoms with E-state index in [1.807, 2.05) is 30.5 Å². The summed E-state index contributed by atoms with van der Waals surface area (Å²) in [6.07, 6.45) is 5.21. The first kappa shape index (κ1) is 11.3. The number of benzene rings is 1. The van der Waals surface area contributed by atoms with Crippen LogP contribution in [0.4, 0.5) is 11.4 Å². The van der Waals surface area contributed by atoms with Gasteiger partial charge in [0.1, 0.15) is 5.65 Å². The topological polar surface area (TPSA) is 46.6 Å². The van der Waals surface area contributed by atoms with Gasteiger partial charge in [0.2, 0.25) is 0 Å². The zero-order chi connectivity index (χ0) is 13.5. The average molecular weight is 264 g/mol. The summed E-state index contributed by atoms with van der Waals surface area (Å²) >= 11 is 0. The number of hydrogen-bond donors (Lipinski definition) is 1. The lowest BCUT2D eigenvalue weighted by Crippen LogP contribution is -2.19. The zero-order valence-corrected chi connectivity index (χ0v) is 11.2. The minimum absolute atomic E-state index is 0.825. The molecule has 0 saturated heterocycles. The Bertz CT molecular complexity index is 742. The molecule has 0 bridgehead atoms. The molecule has 0 atom stereocenters. The Morgan fingerprint density at radius 2 is 2.15 bits per heavy atom. The van der Waals surface area contributed by atoms with Gasteiger partial charge in [-0.1, -0.05) is 12.1 Å². The predicted octanol–water partition coefficient (Wildman–Crippen LogP) is 2.48. The van der Waals surface area contributed by atoms with E-state index in [1.54, 1.807) is 0 Å². The number of nitrogen functional groups attached to an aromatic ring is 1. The number of anilines is 2. The highest BCUT2D eigenvalue weighted by Gasteiger charge is 2.20. The van der Waals surface area contributed by atoms with E-state index < -0.39 is 0 Å². The molecule has 3 aromatic rings. The van der Waals surface area contributed by atoms with Crippen LogP contribution in [-0.4, -0.2) is 15.9 Å². The van der Waals surface area contributed by atoms with Crippen molar-refractivity contribution in [2.75, 3.05) is 17.2 Å². The lowest BCUT2D eigenvalue weighted by molar-refractivity contribution is 0.820. The summed E-state index contributed by atoms with van der Waals surface area (Å²) in [7, 11) is 0. The highest BCUT2D eigenvalue weighted by molar-refractivity contribution is 5.64. The lowest BCUT2D eigenvalue weighted by atomic mass is 10.1. The van der Waals surface area contributed by atoms with Crippen molar-refractivity contribution in [1.82, 2.24) is 9.38 Å².